The zero-order chi connectivity index (χ0) is 32.9. The van der Waals surface area contributed by atoms with Crippen LogP contribution in [0.5, 0.6) is 0 Å². The molecule has 3 fully saturated rings. The van der Waals surface area contributed by atoms with E-state index in [0.717, 1.165) is 29.4 Å². The monoisotopic (exact) mass is 627 g/mol. The molecular weight excluding hydrogens is 597 g/mol. The summed E-state index contributed by atoms with van der Waals surface area (Å²) in [7, 11) is 0. The zero-order valence-corrected chi connectivity index (χ0v) is 22.9. The second-order valence-corrected chi connectivity index (χ2v) is 10.2. The number of allylic oxidation sites excluding steroid dienone is 3. The van der Waals surface area contributed by atoms with E-state index in [1.807, 2.05) is 5.32 Å². The molecular formula is C26H30FN3O14. The number of nitrogens with one attached hydrogen (secondary N) is 1. The third kappa shape index (κ3) is 5.64. The van der Waals surface area contributed by atoms with Crippen molar-refractivity contribution in [3.63, 3.8) is 0 Å². The van der Waals surface area contributed by atoms with Crippen molar-refractivity contribution in [3.8, 4) is 0 Å². The van der Waals surface area contributed by atoms with Crippen LogP contribution in [0.1, 0.15) is 30.9 Å². The average molecular weight is 628 g/mol. The lowest BCUT2D eigenvalue weighted by molar-refractivity contribution is -0.659. The maximum atomic E-state index is 15.0. The molecule has 3 amide bonds. The first-order valence-corrected chi connectivity index (χ1v) is 12.9. The van der Waals surface area contributed by atoms with E-state index < -0.39 is 71.1 Å². The summed E-state index contributed by atoms with van der Waals surface area (Å²) in [4.78, 5) is 37.5. The molecule has 3 heterocycles. The predicted molar refractivity (Wildman–Crippen MR) is 137 cm³/mol. The van der Waals surface area contributed by atoms with Gasteiger partial charge in [-0.15, -0.1) is 0 Å². The first-order valence-electron chi connectivity index (χ1n) is 12.9. The number of imide groups is 1. The minimum absolute atomic E-state index is 0.0585. The molecule has 0 radical (unpaired) electrons. The first-order chi connectivity index (χ1) is 20.3. The predicted octanol–water partition coefficient (Wildman–Crippen LogP) is -3.92. The molecule has 0 bridgehead atoms. The Bertz CT molecular complexity index is 1430. The van der Waals surface area contributed by atoms with E-state index in [0.29, 0.717) is 0 Å². The largest absolute Gasteiger partial charge is 0.496 e. The van der Waals surface area contributed by atoms with Crippen LogP contribution < -0.4 is 5.32 Å². The van der Waals surface area contributed by atoms with Gasteiger partial charge in [-0.3, -0.25) is 29.3 Å². The Morgan fingerprint density at radius 2 is 1.66 bits per heavy atom. The molecule has 0 spiro atoms. The molecule has 1 aromatic carbocycles. The molecule has 3 aliphatic rings. The van der Waals surface area contributed by atoms with E-state index in [4.69, 9.17) is 4.74 Å². The van der Waals surface area contributed by atoms with Crippen molar-refractivity contribution in [3.05, 3.63) is 70.8 Å². The standard InChI is InChI=1S/C26H30FN3O14/c1-2-3-4-17-16(11-29(20(17)32)22(34)8-7-19(31)28-21(22)33)13-43-12-15-6-5-14(9-18(15)27)10-30-23(35,36)25(39,40)44-26(41,42)24(30,37)38/h2-6,9,13,34-42H,7-8,10-12H2,1H3,(H,28,31,33)/b3-2-,16-13+,17-4+. The van der Waals surface area contributed by atoms with Crippen LogP contribution in [0.2, 0.25) is 0 Å². The number of nitrogens with zero attached hydrogens (tertiary/aromatic N) is 2. The topological polar surface area (TPSA) is 270 Å². The smallest absolute Gasteiger partial charge is 0.356 e. The van der Waals surface area contributed by atoms with E-state index in [9.17, 15) is 64.7 Å². The maximum Gasteiger partial charge on any atom is 0.356 e. The molecule has 1 unspecified atom stereocenters. The highest BCUT2D eigenvalue weighted by Gasteiger charge is 2.74. The Hall–Kier alpha value is -3.66. The molecule has 17 nitrogen and oxygen atoms in total. The molecule has 1 atom stereocenters. The molecule has 10 N–H and O–H groups in total. The number of benzene rings is 1. The van der Waals surface area contributed by atoms with Crippen molar-refractivity contribution in [1.82, 2.24) is 15.1 Å². The second-order valence-electron chi connectivity index (χ2n) is 10.2. The fraction of sp³-hybridized carbons (Fsp3) is 0.423. The normalized spacial score (nSPS) is 28.2. The van der Waals surface area contributed by atoms with Crippen LogP contribution >= 0.6 is 0 Å². The number of carbonyl (C=O) groups excluding carboxylic acids is 3. The van der Waals surface area contributed by atoms with Gasteiger partial charge in [0, 0.05) is 36.1 Å². The summed E-state index contributed by atoms with van der Waals surface area (Å²) in [6, 6.07) is 3.01. The van der Waals surface area contributed by atoms with Gasteiger partial charge >= 0.3 is 23.8 Å². The lowest BCUT2D eigenvalue weighted by atomic mass is 10.00. The molecule has 0 saturated carbocycles. The van der Waals surface area contributed by atoms with Crippen LogP contribution in [0.4, 0.5) is 4.39 Å². The molecule has 0 aliphatic carbocycles. The lowest BCUT2D eigenvalue weighted by Crippen LogP contribution is -2.83. The van der Waals surface area contributed by atoms with Gasteiger partial charge in [0.2, 0.25) is 11.6 Å². The van der Waals surface area contributed by atoms with Crippen molar-refractivity contribution < 1.29 is 74.2 Å². The Labute approximate surface area is 247 Å². The van der Waals surface area contributed by atoms with Crippen LogP contribution in [-0.2, 0) is 37.0 Å². The highest BCUT2D eigenvalue weighted by molar-refractivity contribution is 6.08. The minimum Gasteiger partial charge on any atom is -0.496 e. The lowest BCUT2D eigenvalue weighted by Gasteiger charge is -2.55. The highest BCUT2D eigenvalue weighted by Crippen LogP contribution is 2.42. The number of ether oxygens (including phenoxy) is 2. The molecule has 3 saturated heterocycles. The first kappa shape index (κ1) is 33.2. The summed E-state index contributed by atoms with van der Waals surface area (Å²) in [5, 5.41) is 92.0. The maximum absolute atomic E-state index is 15.0. The summed E-state index contributed by atoms with van der Waals surface area (Å²) in [5.74, 6) is -19.8. The SMILES string of the molecule is C\C=C/C=C1/C(=O)N(C2(O)CCC(=O)NC2=O)C/C1=C\OCc1ccc(CN2C(O)(O)C(O)(O)OC(O)(O)C2(O)O)cc1F. The van der Waals surface area contributed by atoms with Gasteiger partial charge in [0.1, 0.15) is 12.4 Å². The van der Waals surface area contributed by atoms with Crippen molar-refractivity contribution in [2.24, 2.45) is 0 Å². The number of hydrogen-bond acceptors (Lipinski definition) is 15. The summed E-state index contributed by atoms with van der Waals surface area (Å²) < 4.78 is 24.2. The van der Waals surface area contributed by atoms with Crippen molar-refractivity contribution in [2.75, 3.05) is 6.54 Å². The van der Waals surface area contributed by atoms with E-state index in [-0.39, 0.29) is 41.7 Å². The summed E-state index contributed by atoms with van der Waals surface area (Å²) in [6.45, 7) is -0.165. The molecule has 240 valence electrons. The summed E-state index contributed by atoms with van der Waals surface area (Å²) in [6.07, 6.45) is 5.15. The molecule has 0 aromatic heterocycles. The second kappa shape index (κ2) is 11.4. The van der Waals surface area contributed by atoms with E-state index in [1.165, 1.54) is 12.2 Å². The highest BCUT2D eigenvalue weighted by atomic mass is 19.1. The van der Waals surface area contributed by atoms with E-state index in [2.05, 4.69) is 4.74 Å². The van der Waals surface area contributed by atoms with Crippen molar-refractivity contribution in [2.45, 2.75) is 62.4 Å². The Morgan fingerprint density at radius 3 is 2.23 bits per heavy atom. The third-order valence-electron chi connectivity index (χ3n) is 7.20. The zero-order valence-electron chi connectivity index (χ0n) is 22.9. The van der Waals surface area contributed by atoms with Crippen LogP contribution in [0, 0.1) is 5.82 Å². The van der Waals surface area contributed by atoms with Gasteiger partial charge in [0.25, 0.3) is 11.8 Å². The number of amides is 3. The van der Waals surface area contributed by atoms with Crippen LogP contribution in [0.25, 0.3) is 0 Å². The Balaban J connectivity index is 1.52. The summed E-state index contributed by atoms with van der Waals surface area (Å²) >= 11 is 0. The average Bonchev–Trinajstić information content (AvgIpc) is 3.23. The number of hydrogen-bond donors (Lipinski definition) is 10. The number of rotatable bonds is 7. The fourth-order valence-corrected chi connectivity index (χ4v) is 4.67. The van der Waals surface area contributed by atoms with Gasteiger partial charge in [-0.1, -0.05) is 24.3 Å². The van der Waals surface area contributed by atoms with Crippen LogP contribution in [0.15, 0.2) is 53.8 Å². The number of piperidine rings is 1. The van der Waals surface area contributed by atoms with Crippen molar-refractivity contribution in [1.29, 1.82) is 0 Å². The van der Waals surface area contributed by atoms with E-state index in [1.54, 1.807) is 13.0 Å². The third-order valence-corrected chi connectivity index (χ3v) is 7.20. The van der Waals surface area contributed by atoms with Gasteiger partial charge in [-0.05, 0) is 24.6 Å². The van der Waals surface area contributed by atoms with Crippen LogP contribution in [-0.4, -0.2) is 110 Å². The summed E-state index contributed by atoms with van der Waals surface area (Å²) in [5.41, 5.74) is -2.38. The Morgan fingerprint density at radius 1 is 1.02 bits per heavy atom. The number of aliphatic hydroxyl groups is 9. The molecule has 18 heteroatoms. The van der Waals surface area contributed by atoms with Gasteiger partial charge in [-0.2, -0.15) is 4.90 Å². The molecule has 1 aromatic rings. The van der Waals surface area contributed by atoms with Gasteiger partial charge in [-0.25, -0.2) is 4.39 Å². The minimum atomic E-state index is -4.16. The number of likely N-dealkylation sites (tertiary alicyclic amines) is 1. The van der Waals surface area contributed by atoms with Gasteiger partial charge in [0.05, 0.1) is 12.8 Å². The molecule has 4 rings (SSSR count). The number of morpholine rings is 1. The van der Waals surface area contributed by atoms with Gasteiger partial charge in [0.15, 0.2) is 0 Å². The quantitative estimate of drug-likeness (QED) is 0.0599. The molecule has 3 aliphatic heterocycles. The Kier molecular flexibility index (Phi) is 8.58. The van der Waals surface area contributed by atoms with Gasteiger partial charge < -0.3 is 50.7 Å². The van der Waals surface area contributed by atoms with Crippen LogP contribution in [0.3, 0.4) is 0 Å². The number of carbonyl (C=O) groups is 3. The van der Waals surface area contributed by atoms with E-state index >= 15 is 0 Å². The van der Waals surface area contributed by atoms with Crippen molar-refractivity contribution >= 4 is 17.7 Å². The number of halogens is 1. The fourth-order valence-electron chi connectivity index (χ4n) is 4.67. The molecule has 44 heavy (non-hydrogen) atoms.